The third kappa shape index (κ3) is 5.58. The number of amides is 1. The van der Waals surface area contributed by atoms with Gasteiger partial charge in [-0.25, -0.2) is 0 Å². The van der Waals surface area contributed by atoms with Crippen molar-refractivity contribution in [2.45, 2.75) is 19.6 Å². The molecule has 1 aromatic heterocycles. The van der Waals surface area contributed by atoms with Crippen molar-refractivity contribution >= 4 is 17.2 Å². The minimum absolute atomic E-state index is 0.0614. The molecule has 0 atom stereocenters. The molecule has 0 aliphatic carbocycles. The van der Waals surface area contributed by atoms with E-state index in [2.05, 4.69) is 16.4 Å². The van der Waals surface area contributed by atoms with Gasteiger partial charge in [0.25, 0.3) is 5.91 Å². The Kier molecular flexibility index (Phi) is 7.02. The summed E-state index contributed by atoms with van der Waals surface area (Å²) >= 11 is 1.02. The lowest BCUT2D eigenvalue weighted by Crippen LogP contribution is -2.24. The topological polar surface area (TPSA) is 91.4 Å². The van der Waals surface area contributed by atoms with E-state index in [9.17, 15) is 14.7 Å². The SMILES string of the molecule is COCc1ccccc1C(=O)NCc1cccc(-c2ccc(Cc3sc(=O)[nH]c3O)cc2)c1. The number of hydrogen-bond acceptors (Lipinski definition) is 5. The van der Waals surface area contributed by atoms with Crippen LogP contribution in [0.15, 0.2) is 77.6 Å². The summed E-state index contributed by atoms with van der Waals surface area (Å²) in [5.41, 5.74) is 5.56. The lowest BCUT2D eigenvalue weighted by molar-refractivity contribution is 0.0946. The Hall–Kier alpha value is -3.68. The molecular formula is C26H24N2O4S. The smallest absolute Gasteiger partial charge is 0.307 e. The third-order valence-electron chi connectivity index (χ3n) is 5.29. The highest BCUT2D eigenvalue weighted by molar-refractivity contribution is 7.09. The molecule has 1 amide bonds. The van der Waals surface area contributed by atoms with Gasteiger partial charge >= 0.3 is 4.87 Å². The number of aromatic hydroxyl groups is 1. The fourth-order valence-corrected chi connectivity index (χ4v) is 4.39. The van der Waals surface area contributed by atoms with Crippen LogP contribution in [-0.2, 0) is 24.3 Å². The number of benzene rings is 3. The van der Waals surface area contributed by atoms with E-state index in [-0.39, 0.29) is 16.7 Å². The van der Waals surface area contributed by atoms with Crippen molar-refractivity contribution in [3.8, 4) is 17.0 Å². The van der Waals surface area contributed by atoms with Crippen LogP contribution in [0.25, 0.3) is 11.1 Å². The fraction of sp³-hybridized carbons (Fsp3) is 0.154. The van der Waals surface area contributed by atoms with Crippen molar-refractivity contribution < 1.29 is 14.6 Å². The monoisotopic (exact) mass is 460 g/mol. The summed E-state index contributed by atoms with van der Waals surface area (Å²) in [4.78, 5) is 26.8. The second-order valence-electron chi connectivity index (χ2n) is 7.63. The van der Waals surface area contributed by atoms with Gasteiger partial charge in [-0.05, 0) is 39.9 Å². The van der Waals surface area contributed by atoms with Gasteiger partial charge in [0.05, 0.1) is 11.5 Å². The Balaban J connectivity index is 1.43. The first-order valence-corrected chi connectivity index (χ1v) is 11.3. The van der Waals surface area contributed by atoms with Crippen molar-refractivity contribution in [2.24, 2.45) is 0 Å². The van der Waals surface area contributed by atoms with E-state index in [0.29, 0.717) is 30.0 Å². The van der Waals surface area contributed by atoms with Gasteiger partial charge in [0, 0.05) is 25.6 Å². The van der Waals surface area contributed by atoms with Crippen LogP contribution < -0.4 is 10.2 Å². The molecule has 0 unspecified atom stereocenters. The maximum Gasteiger partial charge on any atom is 0.307 e. The van der Waals surface area contributed by atoms with Crippen molar-refractivity contribution in [2.75, 3.05) is 7.11 Å². The van der Waals surface area contributed by atoms with Crippen molar-refractivity contribution in [3.05, 3.63) is 110 Å². The zero-order valence-electron chi connectivity index (χ0n) is 18.1. The number of carbonyl (C=O) groups excluding carboxylic acids is 1. The van der Waals surface area contributed by atoms with E-state index < -0.39 is 0 Å². The molecule has 3 N–H and O–H groups in total. The van der Waals surface area contributed by atoms with Crippen LogP contribution in [0.3, 0.4) is 0 Å². The Bertz CT molecular complexity index is 1310. The van der Waals surface area contributed by atoms with Crippen molar-refractivity contribution in [3.63, 3.8) is 0 Å². The molecule has 3 aromatic carbocycles. The minimum atomic E-state index is -0.259. The van der Waals surface area contributed by atoms with E-state index in [0.717, 1.165) is 39.2 Å². The van der Waals surface area contributed by atoms with Crippen LogP contribution in [0, 0.1) is 0 Å². The molecule has 0 radical (unpaired) electrons. The van der Waals surface area contributed by atoms with Gasteiger partial charge in [-0.2, -0.15) is 0 Å². The highest BCUT2D eigenvalue weighted by Crippen LogP contribution is 2.24. The van der Waals surface area contributed by atoms with Crippen LogP contribution in [0.5, 0.6) is 5.88 Å². The Morgan fingerprint density at radius 3 is 2.52 bits per heavy atom. The molecule has 0 saturated heterocycles. The van der Waals surface area contributed by atoms with Gasteiger partial charge in [-0.1, -0.05) is 72.0 Å². The van der Waals surface area contributed by atoms with E-state index in [4.69, 9.17) is 4.74 Å². The number of methoxy groups -OCH3 is 1. The average molecular weight is 461 g/mol. The van der Waals surface area contributed by atoms with Gasteiger partial charge in [-0.15, -0.1) is 0 Å². The van der Waals surface area contributed by atoms with Gasteiger partial charge < -0.3 is 15.2 Å². The highest BCUT2D eigenvalue weighted by Gasteiger charge is 2.11. The molecular weight excluding hydrogens is 436 g/mol. The Labute approximate surface area is 195 Å². The van der Waals surface area contributed by atoms with Crippen molar-refractivity contribution in [1.29, 1.82) is 0 Å². The number of carbonyl (C=O) groups is 1. The summed E-state index contributed by atoms with van der Waals surface area (Å²) < 4.78 is 5.19. The zero-order valence-corrected chi connectivity index (χ0v) is 18.9. The van der Waals surface area contributed by atoms with Gasteiger partial charge in [0.15, 0.2) is 0 Å². The average Bonchev–Trinajstić information content (AvgIpc) is 3.15. The largest absolute Gasteiger partial charge is 0.494 e. The van der Waals surface area contributed by atoms with E-state index in [1.54, 1.807) is 13.2 Å². The second-order valence-corrected chi connectivity index (χ2v) is 8.70. The summed E-state index contributed by atoms with van der Waals surface area (Å²) in [5, 5.41) is 12.8. The maximum absolute atomic E-state index is 12.7. The molecule has 0 bridgehead atoms. The lowest BCUT2D eigenvalue weighted by Gasteiger charge is -2.11. The summed E-state index contributed by atoms with van der Waals surface area (Å²) in [5.74, 6) is -0.193. The molecule has 6 nitrogen and oxygen atoms in total. The van der Waals surface area contributed by atoms with Crippen LogP contribution in [-0.4, -0.2) is 23.1 Å². The molecule has 168 valence electrons. The molecule has 7 heteroatoms. The number of rotatable bonds is 8. The van der Waals surface area contributed by atoms with Crippen LogP contribution in [0.2, 0.25) is 0 Å². The van der Waals surface area contributed by atoms with Gasteiger partial charge in [0.2, 0.25) is 5.88 Å². The number of ether oxygens (including phenoxy) is 1. The number of thiazole rings is 1. The van der Waals surface area contributed by atoms with Crippen molar-refractivity contribution in [1.82, 2.24) is 10.3 Å². The molecule has 4 rings (SSSR count). The summed E-state index contributed by atoms with van der Waals surface area (Å²) in [6.45, 7) is 0.801. The maximum atomic E-state index is 12.7. The first-order chi connectivity index (χ1) is 16.0. The zero-order chi connectivity index (χ0) is 23.2. The van der Waals surface area contributed by atoms with E-state index in [1.807, 2.05) is 60.7 Å². The summed E-state index contributed by atoms with van der Waals surface area (Å²) in [6.07, 6.45) is 0.492. The Morgan fingerprint density at radius 1 is 1.00 bits per heavy atom. The number of nitrogens with one attached hydrogen (secondary N) is 2. The van der Waals surface area contributed by atoms with Crippen LogP contribution in [0.1, 0.15) is 31.9 Å². The predicted octanol–water partition coefficient (Wildman–Crippen LogP) is 4.48. The molecule has 4 aromatic rings. The standard InChI is InChI=1S/C26H24N2O4S/c1-32-16-21-6-2-3-8-22(21)24(29)27-15-18-5-4-7-20(13-18)19-11-9-17(10-12-19)14-23-25(30)28-26(31)33-23/h2-13,30H,14-16H2,1H3,(H,27,29)(H,28,31). The van der Waals surface area contributed by atoms with Gasteiger partial charge in [-0.3, -0.25) is 14.6 Å². The third-order valence-corrected chi connectivity index (χ3v) is 6.17. The van der Waals surface area contributed by atoms with Crippen LogP contribution >= 0.6 is 11.3 Å². The molecule has 0 aliphatic rings. The molecule has 33 heavy (non-hydrogen) atoms. The number of hydrogen-bond donors (Lipinski definition) is 3. The summed E-state index contributed by atoms with van der Waals surface area (Å²) in [7, 11) is 1.61. The number of aromatic nitrogens is 1. The predicted molar refractivity (Wildman–Crippen MR) is 130 cm³/mol. The molecule has 0 saturated carbocycles. The minimum Gasteiger partial charge on any atom is -0.494 e. The molecule has 1 heterocycles. The van der Waals surface area contributed by atoms with Gasteiger partial charge in [0.1, 0.15) is 0 Å². The number of aromatic amines is 1. The normalized spacial score (nSPS) is 10.8. The highest BCUT2D eigenvalue weighted by atomic mass is 32.1. The molecule has 0 fully saturated rings. The fourth-order valence-electron chi connectivity index (χ4n) is 3.63. The Morgan fingerprint density at radius 2 is 1.79 bits per heavy atom. The van der Waals surface area contributed by atoms with E-state index >= 15 is 0 Å². The first-order valence-electron chi connectivity index (χ1n) is 10.5. The lowest BCUT2D eigenvalue weighted by atomic mass is 10.0. The summed E-state index contributed by atoms with van der Waals surface area (Å²) in [6, 6.07) is 23.5. The first kappa shape index (κ1) is 22.5. The molecule has 0 spiro atoms. The number of H-pyrrole nitrogens is 1. The second kappa shape index (κ2) is 10.3. The molecule has 0 aliphatic heterocycles. The quantitative estimate of drug-likeness (QED) is 0.362. The van der Waals surface area contributed by atoms with E-state index in [1.165, 1.54) is 0 Å². The van der Waals surface area contributed by atoms with Crippen LogP contribution in [0.4, 0.5) is 0 Å².